The topological polar surface area (TPSA) is 83.3 Å². The number of halogens is 1. The number of hydrogen-bond donors (Lipinski definition) is 0. The van der Waals surface area contributed by atoms with E-state index < -0.39 is 15.8 Å². The molecule has 2 heterocycles. The van der Waals surface area contributed by atoms with Crippen LogP contribution >= 0.6 is 0 Å². The van der Waals surface area contributed by atoms with E-state index in [1.54, 1.807) is 12.1 Å². The molecule has 1 saturated heterocycles. The van der Waals surface area contributed by atoms with Crippen molar-refractivity contribution in [1.29, 1.82) is 5.26 Å². The Balaban J connectivity index is 1.58. The number of nitriles is 1. The van der Waals surface area contributed by atoms with Gasteiger partial charge in [-0.2, -0.15) is 9.57 Å². The molecule has 1 aliphatic heterocycles. The predicted octanol–water partition coefficient (Wildman–Crippen LogP) is 1.69. The lowest BCUT2D eigenvalue weighted by molar-refractivity contribution is 0.0719. The SMILES string of the molecule is N#Cc1ccnc(OC2CN(S(=O)(=O)Cc3cccc(F)c3)C2)c1. The summed E-state index contributed by atoms with van der Waals surface area (Å²) < 4.78 is 44.6. The van der Waals surface area contributed by atoms with E-state index >= 15 is 0 Å². The molecule has 8 heteroatoms. The summed E-state index contributed by atoms with van der Waals surface area (Å²) >= 11 is 0. The molecule has 0 N–H and O–H groups in total. The minimum atomic E-state index is -3.52. The molecular formula is C16H14FN3O3S. The van der Waals surface area contributed by atoms with Crippen LogP contribution in [-0.4, -0.2) is 36.9 Å². The molecule has 0 atom stereocenters. The Kier molecular flexibility index (Phi) is 4.46. The van der Waals surface area contributed by atoms with Gasteiger partial charge >= 0.3 is 0 Å². The molecule has 1 aromatic carbocycles. The summed E-state index contributed by atoms with van der Waals surface area (Å²) in [7, 11) is -3.52. The van der Waals surface area contributed by atoms with Crippen molar-refractivity contribution in [2.75, 3.05) is 13.1 Å². The highest BCUT2D eigenvalue weighted by molar-refractivity contribution is 7.88. The maximum Gasteiger partial charge on any atom is 0.218 e. The van der Waals surface area contributed by atoms with Crippen LogP contribution in [0.1, 0.15) is 11.1 Å². The molecule has 0 unspecified atom stereocenters. The lowest BCUT2D eigenvalue weighted by Crippen LogP contribution is -2.56. The minimum Gasteiger partial charge on any atom is -0.471 e. The van der Waals surface area contributed by atoms with E-state index in [0.29, 0.717) is 17.0 Å². The van der Waals surface area contributed by atoms with E-state index in [4.69, 9.17) is 10.00 Å². The average molecular weight is 347 g/mol. The fourth-order valence-corrected chi connectivity index (χ4v) is 3.92. The lowest BCUT2D eigenvalue weighted by Gasteiger charge is -2.37. The van der Waals surface area contributed by atoms with Gasteiger partial charge in [0.1, 0.15) is 11.9 Å². The Labute approximate surface area is 139 Å². The van der Waals surface area contributed by atoms with E-state index in [9.17, 15) is 12.8 Å². The summed E-state index contributed by atoms with van der Waals surface area (Å²) in [5, 5.41) is 8.83. The molecule has 6 nitrogen and oxygen atoms in total. The van der Waals surface area contributed by atoms with E-state index in [1.807, 2.05) is 6.07 Å². The molecule has 0 spiro atoms. The van der Waals surface area contributed by atoms with Crippen LogP contribution < -0.4 is 4.74 Å². The fourth-order valence-electron chi connectivity index (χ4n) is 2.35. The van der Waals surface area contributed by atoms with E-state index in [0.717, 1.165) is 0 Å². The second-order valence-electron chi connectivity index (χ2n) is 5.44. The first-order valence-electron chi connectivity index (χ1n) is 7.21. The maximum absolute atomic E-state index is 13.1. The third-order valence-electron chi connectivity index (χ3n) is 3.60. The molecule has 0 saturated carbocycles. The first-order chi connectivity index (χ1) is 11.5. The number of aromatic nitrogens is 1. The van der Waals surface area contributed by atoms with Gasteiger partial charge in [-0.25, -0.2) is 17.8 Å². The molecule has 0 amide bonds. The van der Waals surface area contributed by atoms with Gasteiger partial charge < -0.3 is 4.74 Å². The number of pyridine rings is 1. The number of hydrogen-bond acceptors (Lipinski definition) is 5. The van der Waals surface area contributed by atoms with E-state index in [-0.39, 0.29) is 24.9 Å². The van der Waals surface area contributed by atoms with Gasteiger partial charge in [0, 0.05) is 12.3 Å². The van der Waals surface area contributed by atoms with Crippen molar-refractivity contribution >= 4 is 10.0 Å². The summed E-state index contributed by atoms with van der Waals surface area (Å²) in [6.45, 7) is 0.409. The predicted molar refractivity (Wildman–Crippen MR) is 84.0 cm³/mol. The molecule has 124 valence electrons. The molecule has 0 aliphatic carbocycles. The molecule has 3 rings (SSSR count). The zero-order valence-corrected chi connectivity index (χ0v) is 13.4. The molecule has 0 bridgehead atoms. The highest BCUT2D eigenvalue weighted by Crippen LogP contribution is 2.22. The van der Waals surface area contributed by atoms with Gasteiger partial charge in [0.25, 0.3) is 0 Å². The molecule has 2 aromatic rings. The third-order valence-corrected chi connectivity index (χ3v) is 5.38. The summed E-state index contributed by atoms with van der Waals surface area (Å²) in [6, 6.07) is 10.6. The Hall–Kier alpha value is -2.50. The van der Waals surface area contributed by atoms with Crippen LogP contribution in [0.2, 0.25) is 0 Å². The number of sulfonamides is 1. The normalized spacial score (nSPS) is 15.5. The van der Waals surface area contributed by atoms with Gasteiger partial charge in [-0.05, 0) is 23.8 Å². The van der Waals surface area contributed by atoms with Crippen LogP contribution in [0.15, 0.2) is 42.6 Å². The quantitative estimate of drug-likeness (QED) is 0.822. The molecular weight excluding hydrogens is 333 g/mol. The summed E-state index contributed by atoms with van der Waals surface area (Å²) in [4.78, 5) is 3.99. The summed E-state index contributed by atoms with van der Waals surface area (Å²) in [5.41, 5.74) is 0.831. The fraction of sp³-hybridized carbons (Fsp3) is 0.250. The minimum absolute atomic E-state index is 0.204. The van der Waals surface area contributed by atoms with Crippen molar-refractivity contribution < 1.29 is 17.5 Å². The highest BCUT2D eigenvalue weighted by Gasteiger charge is 2.37. The van der Waals surface area contributed by atoms with Gasteiger partial charge in [-0.15, -0.1) is 0 Å². The van der Waals surface area contributed by atoms with Gasteiger partial charge in [-0.3, -0.25) is 0 Å². The smallest absolute Gasteiger partial charge is 0.218 e. The van der Waals surface area contributed by atoms with E-state index in [2.05, 4.69) is 4.98 Å². The van der Waals surface area contributed by atoms with Crippen molar-refractivity contribution in [3.8, 4) is 11.9 Å². The van der Waals surface area contributed by atoms with Crippen molar-refractivity contribution in [1.82, 2.24) is 9.29 Å². The Morgan fingerprint density at radius 1 is 1.33 bits per heavy atom. The van der Waals surface area contributed by atoms with Crippen molar-refractivity contribution in [2.24, 2.45) is 0 Å². The Morgan fingerprint density at radius 3 is 2.83 bits per heavy atom. The van der Waals surface area contributed by atoms with Crippen LogP contribution in [0.3, 0.4) is 0 Å². The summed E-state index contributed by atoms with van der Waals surface area (Å²) in [6.07, 6.45) is 1.15. The Bertz CT molecular complexity index is 889. The molecule has 1 aromatic heterocycles. The second-order valence-corrected chi connectivity index (χ2v) is 7.41. The van der Waals surface area contributed by atoms with E-state index in [1.165, 1.54) is 34.8 Å². The van der Waals surface area contributed by atoms with Crippen molar-refractivity contribution in [3.05, 3.63) is 59.5 Å². The first kappa shape index (κ1) is 16.4. The molecule has 24 heavy (non-hydrogen) atoms. The van der Waals surface area contributed by atoms with Crippen molar-refractivity contribution in [2.45, 2.75) is 11.9 Å². The summed E-state index contributed by atoms with van der Waals surface area (Å²) in [5.74, 6) is -0.420. The number of ether oxygens (including phenoxy) is 1. The zero-order valence-electron chi connectivity index (χ0n) is 12.6. The van der Waals surface area contributed by atoms with Gasteiger partial charge in [0.15, 0.2) is 0 Å². The van der Waals surface area contributed by atoms with Crippen LogP contribution in [-0.2, 0) is 15.8 Å². The van der Waals surface area contributed by atoms with Crippen LogP contribution in [0.25, 0.3) is 0 Å². The number of rotatable bonds is 5. The lowest BCUT2D eigenvalue weighted by atomic mass is 10.2. The average Bonchev–Trinajstić information content (AvgIpc) is 2.50. The molecule has 0 radical (unpaired) electrons. The zero-order chi connectivity index (χ0) is 17.2. The monoisotopic (exact) mass is 347 g/mol. The van der Waals surface area contributed by atoms with Gasteiger partial charge in [0.05, 0.1) is 30.5 Å². The van der Waals surface area contributed by atoms with Crippen molar-refractivity contribution in [3.63, 3.8) is 0 Å². The number of benzene rings is 1. The molecule has 1 aliphatic rings. The van der Waals surface area contributed by atoms with Gasteiger partial charge in [0.2, 0.25) is 15.9 Å². The maximum atomic E-state index is 13.1. The largest absolute Gasteiger partial charge is 0.471 e. The van der Waals surface area contributed by atoms with Crippen LogP contribution in [0, 0.1) is 17.1 Å². The number of nitrogens with zero attached hydrogens (tertiary/aromatic N) is 3. The first-order valence-corrected chi connectivity index (χ1v) is 8.82. The standard InChI is InChI=1S/C16H14FN3O3S/c17-14-3-1-2-13(6-14)11-24(21,22)20-9-15(10-20)23-16-7-12(8-18)4-5-19-16/h1-7,15H,9-11H2. The van der Waals surface area contributed by atoms with Gasteiger partial charge in [-0.1, -0.05) is 12.1 Å². The second kappa shape index (κ2) is 6.55. The van der Waals surface area contributed by atoms with Crippen LogP contribution in [0.4, 0.5) is 4.39 Å². The van der Waals surface area contributed by atoms with Crippen LogP contribution in [0.5, 0.6) is 5.88 Å². The Morgan fingerprint density at radius 2 is 2.12 bits per heavy atom. The highest BCUT2D eigenvalue weighted by atomic mass is 32.2. The third kappa shape index (κ3) is 3.69. The molecule has 1 fully saturated rings.